The number of carbonyl (C=O) groups excluding carboxylic acids is 2. The molecule has 5 rings (SSSR count). The first kappa shape index (κ1) is 21.2. The van der Waals surface area contributed by atoms with Crippen molar-refractivity contribution in [3.8, 4) is 11.1 Å². The molecule has 0 fully saturated rings. The third kappa shape index (κ3) is 3.98. The summed E-state index contributed by atoms with van der Waals surface area (Å²) in [7, 11) is -1.13. The number of alkyl carbamates (subject to hydrolysis) is 1. The second-order valence-corrected chi connectivity index (χ2v) is 9.85. The fraction of sp³-hybridized carbons (Fsp3) is 0.111. The van der Waals surface area contributed by atoms with E-state index in [4.69, 9.17) is 4.74 Å². The van der Waals surface area contributed by atoms with E-state index in [0.717, 1.165) is 17.4 Å². The van der Waals surface area contributed by atoms with E-state index in [1.807, 2.05) is 24.3 Å². The minimum absolute atomic E-state index is 0.0207. The van der Waals surface area contributed by atoms with Gasteiger partial charge in [0.25, 0.3) is 0 Å². The number of thiol groups is 1. The lowest BCUT2D eigenvalue weighted by atomic mass is 9.98. The average molecular weight is 460 g/mol. The van der Waals surface area contributed by atoms with E-state index in [1.165, 1.54) is 17.2 Å². The van der Waals surface area contributed by atoms with Crippen molar-refractivity contribution in [3.05, 3.63) is 112 Å². The third-order valence-electron chi connectivity index (χ3n) is 5.99. The van der Waals surface area contributed by atoms with Gasteiger partial charge in [-0.1, -0.05) is 72.8 Å². The molecule has 0 aromatic heterocycles. The van der Waals surface area contributed by atoms with Crippen LogP contribution < -0.4 is 5.32 Å². The summed E-state index contributed by atoms with van der Waals surface area (Å²) in [5.41, 5.74) is 5.62. The van der Waals surface area contributed by atoms with E-state index in [0.29, 0.717) is 16.0 Å². The van der Waals surface area contributed by atoms with E-state index in [2.05, 4.69) is 29.6 Å². The van der Waals surface area contributed by atoms with Crippen LogP contribution in [0.4, 0.5) is 9.18 Å². The average Bonchev–Trinajstić information content (AvgIpc) is 3.38. The number of nitrogens with one attached hydrogen (secondary N) is 1. The number of allylic oxidation sites excluding steroid dienone is 2. The van der Waals surface area contributed by atoms with Gasteiger partial charge in [-0.05, 0) is 33.7 Å². The number of amides is 1. The van der Waals surface area contributed by atoms with Gasteiger partial charge in [0, 0.05) is 21.9 Å². The predicted molar refractivity (Wildman–Crippen MR) is 131 cm³/mol. The number of aldehydes is 1. The van der Waals surface area contributed by atoms with Crippen LogP contribution in [0.2, 0.25) is 0 Å². The summed E-state index contributed by atoms with van der Waals surface area (Å²) in [6, 6.07) is 23.2. The van der Waals surface area contributed by atoms with E-state index < -0.39 is 17.0 Å². The zero-order valence-corrected chi connectivity index (χ0v) is 18.6. The Morgan fingerprint density at radius 3 is 2.21 bits per heavy atom. The predicted octanol–water partition coefficient (Wildman–Crippen LogP) is 6.16. The number of halogens is 1. The van der Waals surface area contributed by atoms with Gasteiger partial charge in [-0.25, -0.2) is 9.18 Å². The first-order chi connectivity index (χ1) is 16.2. The molecule has 1 aliphatic heterocycles. The number of benzene rings is 3. The number of hydrogen-bond acceptors (Lipinski definition) is 3. The summed E-state index contributed by atoms with van der Waals surface area (Å²) in [4.78, 5) is 24.4. The Bertz CT molecular complexity index is 1250. The molecule has 0 radical (unpaired) electrons. The molecule has 6 heteroatoms. The van der Waals surface area contributed by atoms with Crippen LogP contribution in [0.1, 0.15) is 33.0 Å². The van der Waals surface area contributed by atoms with E-state index >= 15 is 0 Å². The van der Waals surface area contributed by atoms with Crippen molar-refractivity contribution in [1.82, 2.24) is 5.32 Å². The van der Waals surface area contributed by atoms with Crippen LogP contribution in [-0.4, -0.2) is 24.9 Å². The topological polar surface area (TPSA) is 55.4 Å². The highest BCUT2D eigenvalue weighted by Gasteiger charge is 2.29. The Balaban J connectivity index is 1.25. The SMILES string of the molecule is O=Cc1ccccc1C1=C(F)C=C[SH]1CNC(=O)OCC1c2ccccc2-c2ccccc21. The number of ether oxygens (including phenoxy) is 1. The lowest BCUT2D eigenvalue weighted by molar-refractivity contribution is 0.112. The van der Waals surface area contributed by atoms with Crippen LogP contribution in [-0.2, 0) is 4.74 Å². The van der Waals surface area contributed by atoms with Crippen molar-refractivity contribution in [1.29, 1.82) is 0 Å². The lowest BCUT2D eigenvalue weighted by Crippen LogP contribution is -2.26. The Morgan fingerprint density at radius 2 is 1.55 bits per heavy atom. The summed E-state index contributed by atoms with van der Waals surface area (Å²) >= 11 is 0. The largest absolute Gasteiger partial charge is 0.449 e. The smallest absolute Gasteiger partial charge is 0.407 e. The van der Waals surface area contributed by atoms with Crippen LogP contribution in [0.3, 0.4) is 0 Å². The molecule has 1 unspecified atom stereocenters. The molecule has 166 valence electrons. The Kier molecular flexibility index (Phi) is 5.84. The van der Waals surface area contributed by atoms with Crippen LogP contribution in [0.5, 0.6) is 0 Å². The van der Waals surface area contributed by atoms with Crippen LogP contribution in [0.25, 0.3) is 16.0 Å². The van der Waals surface area contributed by atoms with Crippen molar-refractivity contribution in [2.24, 2.45) is 0 Å². The molecular formula is C27H22FNO3S. The van der Waals surface area contributed by atoms with Crippen molar-refractivity contribution in [3.63, 3.8) is 0 Å². The Hall–Kier alpha value is -3.64. The number of carbonyl (C=O) groups is 2. The maximum Gasteiger partial charge on any atom is 0.407 e. The highest BCUT2D eigenvalue weighted by atomic mass is 32.2. The molecule has 0 saturated carbocycles. The number of rotatable bonds is 6. The molecule has 3 aromatic carbocycles. The zero-order chi connectivity index (χ0) is 22.8. The molecule has 2 aliphatic rings. The molecule has 3 aromatic rings. The van der Waals surface area contributed by atoms with Gasteiger partial charge >= 0.3 is 6.09 Å². The van der Waals surface area contributed by atoms with Crippen molar-refractivity contribution < 1.29 is 18.7 Å². The normalized spacial score (nSPS) is 17.5. The summed E-state index contributed by atoms with van der Waals surface area (Å²) in [5, 5.41) is 4.54. The Morgan fingerprint density at radius 1 is 0.939 bits per heavy atom. The molecule has 0 spiro atoms. The van der Waals surface area contributed by atoms with E-state index in [1.54, 1.807) is 29.7 Å². The van der Waals surface area contributed by atoms with Gasteiger partial charge in [0.15, 0.2) is 6.29 Å². The van der Waals surface area contributed by atoms with Gasteiger partial charge in [-0.15, -0.1) is 0 Å². The van der Waals surface area contributed by atoms with Gasteiger partial charge in [0.05, 0.1) is 5.88 Å². The molecule has 1 heterocycles. The maximum absolute atomic E-state index is 14.5. The summed E-state index contributed by atoms with van der Waals surface area (Å²) in [6.45, 7) is 0.221. The maximum atomic E-state index is 14.5. The van der Waals surface area contributed by atoms with Crippen molar-refractivity contribution in [2.75, 3.05) is 12.5 Å². The fourth-order valence-electron chi connectivity index (χ4n) is 4.48. The minimum Gasteiger partial charge on any atom is -0.449 e. The molecular weight excluding hydrogens is 437 g/mol. The third-order valence-corrected chi connectivity index (χ3v) is 8.03. The number of fused-ring (bicyclic) bond motifs is 3. The molecule has 33 heavy (non-hydrogen) atoms. The monoisotopic (exact) mass is 459 g/mol. The van der Waals surface area contributed by atoms with Crippen molar-refractivity contribution >= 4 is 28.2 Å². The summed E-state index contributed by atoms with van der Waals surface area (Å²) in [5.74, 6) is -0.157. The van der Waals surface area contributed by atoms with Crippen LogP contribution >= 0.6 is 10.9 Å². The first-order valence-corrected chi connectivity index (χ1v) is 12.2. The first-order valence-electron chi connectivity index (χ1n) is 10.7. The molecule has 1 aliphatic carbocycles. The molecule has 1 atom stereocenters. The molecule has 0 saturated heterocycles. The van der Waals surface area contributed by atoms with Crippen molar-refractivity contribution in [2.45, 2.75) is 5.92 Å². The molecule has 1 N–H and O–H groups in total. The summed E-state index contributed by atoms with van der Waals surface area (Å²) < 4.78 is 20.1. The van der Waals surface area contributed by atoms with Crippen LogP contribution in [0, 0.1) is 0 Å². The minimum atomic E-state index is -1.13. The van der Waals surface area contributed by atoms with Gasteiger partial charge in [-0.3, -0.25) is 4.79 Å². The fourth-order valence-corrected chi connectivity index (χ4v) is 6.36. The molecule has 4 nitrogen and oxygen atoms in total. The second-order valence-electron chi connectivity index (χ2n) is 7.85. The van der Waals surface area contributed by atoms with Gasteiger partial charge < -0.3 is 10.1 Å². The van der Waals surface area contributed by atoms with E-state index in [9.17, 15) is 14.0 Å². The number of hydrogen-bond donors (Lipinski definition) is 2. The standard InChI is InChI=1S/C27H22FNO3S/c28-25-13-14-33(26(25)19-8-2-1-7-18(19)15-30)17-29-27(31)32-16-24-22-11-5-3-9-20(22)21-10-4-6-12-23(21)24/h1-15,24,33H,16-17H2,(H,29,31). The molecule has 1 amide bonds. The van der Waals surface area contributed by atoms with Gasteiger partial charge in [0.1, 0.15) is 12.4 Å². The molecule has 0 bridgehead atoms. The lowest BCUT2D eigenvalue weighted by Gasteiger charge is -2.20. The van der Waals surface area contributed by atoms with Crippen LogP contribution in [0.15, 0.2) is 90.1 Å². The highest BCUT2D eigenvalue weighted by molar-refractivity contribution is 8.27. The van der Waals surface area contributed by atoms with Gasteiger partial charge in [-0.2, -0.15) is 10.9 Å². The summed E-state index contributed by atoms with van der Waals surface area (Å²) in [6.07, 6.45) is 1.59. The Labute approximate surface area is 194 Å². The van der Waals surface area contributed by atoms with Gasteiger partial charge in [0.2, 0.25) is 0 Å². The highest BCUT2D eigenvalue weighted by Crippen LogP contribution is 2.50. The second kappa shape index (κ2) is 9.08. The zero-order valence-electron chi connectivity index (χ0n) is 17.7. The quantitative estimate of drug-likeness (QED) is 0.343. The van der Waals surface area contributed by atoms with E-state index in [-0.39, 0.29) is 24.2 Å².